The predicted molar refractivity (Wildman–Crippen MR) is 477 cm³/mol. The molecule has 0 saturated carbocycles. The number of hydrogen-bond acceptors (Lipinski definition) is 32. The van der Waals surface area contributed by atoms with Gasteiger partial charge in [-0.05, 0) is 139 Å². The normalized spacial score (nSPS) is 30.5. The van der Waals surface area contributed by atoms with Crippen LogP contribution in [0.1, 0.15) is 91.2 Å². The number of guanidine groups is 2. The number of amides is 17. The molecule has 8 aliphatic rings. The maximum absolute atomic E-state index is 13.5. The van der Waals surface area contributed by atoms with E-state index in [1.165, 1.54) is 12.2 Å². The largest absolute Gasteiger partial charge is 0.462 e. The summed E-state index contributed by atoms with van der Waals surface area (Å²) in [5.74, 6) is -0.616. The summed E-state index contributed by atoms with van der Waals surface area (Å²) >= 11 is 0. The lowest BCUT2D eigenvalue weighted by Crippen LogP contribution is -2.70. The maximum Gasteiger partial charge on any atom is 0.407 e. The van der Waals surface area contributed by atoms with Crippen LogP contribution in [-0.2, 0) is 52.2 Å². The first-order chi connectivity index (χ1) is 62.9. The average Bonchev–Trinajstić information content (AvgIpc) is 1.33. The van der Waals surface area contributed by atoms with Crippen LogP contribution in [0.3, 0.4) is 0 Å². The van der Waals surface area contributed by atoms with Gasteiger partial charge in [0.25, 0.3) is 0 Å². The highest BCUT2D eigenvalue weighted by Crippen LogP contribution is 2.34. The van der Waals surface area contributed by atoms with E-state index in [4.69, 9.17) is 98.0 Å². The molecule has 8 fully saturated rings. The topological polar surface area (TPSA) is 790 Å². The summed E-state index contributed by atoms with van der Waals surface area (Å²) in [6.45, 7) is 16.9. The molecule has 10 rings (SSSR count). The maximum atomic E-state index is 13.5. The number of hydrogen-bond donors (Lipinski definition) is 28. The van der Waals surface area contributed by atoms with E-state index in [0.717, 1.165) is 77.8 Å². The van der Waals surface area contributed by atoms with Crippen molar-refractivity contribution in [3.05, 3.63) is 71.8 Å². The summed E-state index contributed by atoms with van der Waals surface area (Å²) in [5, 5.41) is 97.7. The first kappa shape index (κ1) is 107. The number of alkyl carbamates (subject to hydrolysis) is 1. The fourth-order valence-corrected chi connectivity index (χ4v) is 15.5. The summed E-state index contributed by atoms with van der Waals surface area (Å²) in [4.78, 5) is 133. The van der Waals surface area contributed by atoms with Gasteiger partial charge in [-0.3, -0.25) is 9.59 Å². The van der Waals surface area contributed by atoms with E-state index >= 15 is 0 Å². The van der Waals surface area contributed by atoms with Crippen LogP contribution in [0.2, 0.25) is 0 Å². The Hall–Kier alpha value is -11.0. The van der Waals surface area contributed by atoms with E-state index < -0.39 is 226 Å². The zero-order chi connectivity index (χ0) is 96.0. The molecule has 17 amide bonds. The minimum atomic E-state index is -1.64. The van der Waals surface area contributed by atoms with E-state index in [-0.39, 0.29) is 44.0 Å². The van der Waals surface area contributed by atoms with Gasteiger partial charge in [-0.25, -0.2) is 53.2 Å². The number of ether oxygens (including phenoxy) is 11. The summed E-state index contributed by atoms with van der Waals surface area (Å²) in [7, 11) is 0. The molecule has 0 spiro atoms. The summed E-state index contributed by atoms with van der Waals surface area (Å²) in [5.41, 5.74) is 45.8. The van der Waals surface area contributed by atoms with E-state index in [0.29, 0.717) is 52.7 Å². The molecule has 0 aromatic heterocycles. The number of aliphatic hydroxyl groups is 5. The Morgan fingerprint density at radius 3 is 1.32 bits per heavy atom. The van der Waals surface area contributed by atoms with Crippen molar-refractivity contribution in [3.8, 4) is 11.5 Å². The number of fused-ring (bicyclic) bond motifs is 2. The van der Waals surface area contributed by atoms with Gasteiger partial charge in [0, 0.05) is 37.3 Å². The number of primary amides is 4. The number of carbonyl (C=O) groups is 10. The number of nitrogens with one attached hydrogen (secondary N) is 15. The van der Waals surface area contributed by atoms with Crippen molar-refractivity contribution >= 4 is 96.6 Å². The molecule has 52 nitrogen and oxygen atoms in total. The van der Waals surface area contributed by atoms with E-state index in [1.54, 1.807) is 74.5 Å². The fourth-order valence-electron chi connectivity index (χ4n) is 15.5. The number of halogens is 1. The van der Waals surface area contributed by atoms with Crippen molar-refractivity contribution in [1.82, 2.24) is 84.7 Å². The number of unbranched alkanes of at least 4 members (excludes halogenated alkanes) is 2. The van der Waals surface area contributed by atoms with Crippen LogP contribution in [0.25, 0.3) is 12.2 Å². The Kier molecular flexibility index (Phi) is 42.4. The van der Waals surface area contributed by atoms with Gasteiger partial charge in [-0.2, -0.15) is 0 Å². The third-order valence-electron chi connectivity index (χ3n) is 22.0. The predicted octanol–water partition coefficient (Wildman–Crippen LogP) is -7.13. The molecular weight excluding hydrogens is 1780 g/mol. The summed E-state index contributed by atoms with van der Waals surface area (Å²) in [6.07, 6.45) is -9.18. The second kappa shape index (κ2) is 52.6. The monoisotopic (exact) mass is 1910 g/mol. The average molecular weight is 1910 g/mol. The smallest absolute Gasteiger partial charge is 0.407 e. The molecule has 8 heterocycles. The highest BCUT2D eigenvalue weighted by Gasteiger charge is 2.57. The van der Waals surface area contributed by atoms with Crippen molar-refractivity contribution in [2.45, 2.75) is 251 Å². The second-order valence-electron chi connectivity index (χ2n) is 32.9. The van der Waals surface area contributed by atoms with Gasteiger partial charge in [-0.15, -0.1) is 12.4 Å². The zero-order valence-corrected chi connectivity index (χ0v) is 75.3. The van der Waals surface area contributed by atoms with Gasteiger partial charge in [0.1, 0.15) is 90.5 Å². The Bertz CT molecular complexity index is 4230. The molecule has 36 N–H and O–H groups in total. The van der Waals surface area contributed by atoms with Gasteiger partial charge >= 0.3 is 48.3 Å². The molecular formula is C80H131ClN26O26. The lowest BCUT2D eigenvalue weighted by atomic mass is 9.95. The quantitative estimate of drug-likeness (QED) is 0.0127. The highest BCUT2D eigenvalue weighted by atomic mass is 35.5. The molecule has 8 saturated heterocycles. The van der Waals surface area contributed by atoms with Crippen LogP contribution in [0.4, 0.5) is 38.4 Å². The van der Waals surface area contributed by atoms with Crippen molar-refractivity contribution in [1.29, 1.82) is 0 Å². The molecule has 8 aliphatic heterocycles. The first-order valence-electron chi connectivity index (χ1n) is 43.6. The van der Waals surface area contributed by atoms with Crippen LogP contribution in [0, 0.1) is 0 Å². The number of nitrogens with zero attached hydrogens (tertiary/aromatic N) is 3. The highest BCUT2D eigenvalue weighted by molar-refractivity contribution is 5.95. The first-order valence-corrected chi connectivity index (χ1v) is 43.6. The molecule has 0 bridgehead atoms. The molecule has 2 aromatic carbocycles. The van der Waals surface area contributed by atoms with Gasteiger partial charge in [0.2, 0.25) is 24.4 Å². The van der Waals surface area contributed by atoms with E-state index in [2.05, 4.69) is 117 Å². The molecule has 133 heavy (non-hydrogen) atoms. The molecule has 2 aromatic rings. The lowest BCUT2D eigenvalue weighted by Gasteiger charge is -2.44. The van der Waals surface area contributed by atoms with Crippen molar-refractivity contribution < 1.29 is 126 Å². The van der Waals surface area contributed by atoms with Crippen LogP contribution in [0.5, 0.6) is 11.5 Å². The Morgan fingerprint density at radius 1 is 0.481 bits per heavy atom. The fraction of sp³-hybridized carbons (Fsp3) is 0.650. The number of aliphatic hydroxyl groups excluding tert-OH is 5. The van der Waals surface area contributed by atoms with Gasteiger partial charge in [-0.1, -0.05) is 52.0 Å². The second-order valence-corrected chi connectivity index (χ2v) is 32.9. The number of carbonyl (C=O) groups excluding carboxylic acids is 10. The van der Waals surface area contributed by atoms with Crippen LogP contribution >= 0.6 is 12.4 Å². The van der Waals surface area contributed by atoms with E-state index in [9.17, 15) is 73.5 Å². The van der Waals surface area contributed by atoms with Crippen LogP contribution < -0.4 is 135 Å². The minimum Gasteiger partial charge on any atom is -0.462 e. The molecule has 26 atom stereocenters. The number of benzene rings is 2. The molecule has 0 aliphatic carbocycles. The van der Waals surface area contributed by atoms with Gasteiger partial charge in [0.05, 0.1) is 68.9 Å². The minimum absolute atomic E-state index is 0. The third kappa shape index (κ3) is 32.7. The Labute approximate surface area is 772 Å². The number of aliphatic imine (C=N–C) groups is 2. The van der Waals surface area contributed by atoms with Crippen LogP contribution in [-0.4, -0.2) is 352 Å². The third-order valence-corrected chi connectivity index (χ3v) is 22.0. The van der Waals surface area contributed by atoms with Gasteiger partial charge in [0.15, 0.2) is 37.0 Å². The van der Waals surface area contributed by atoms with Gasteiger partial charge < -0.3 is 203 Å². The SMILES string of the molecule is CC(C)NCCCCNCCCNC(=O)/C=C/c1ccc(O[C@H]2O[C@H](C)[C@@H](NC(=O)N[C@H]3OC[C@@H](O[C@@H]4OC[C@H]5OC(=O)N[C@@H]5[C@H]4NC(N)=O)[C@H](O)[C@H]3NC(N)=O)[C@H](O)[C@H]2N=C(N)N)cc1.CC(C)NCCCCNCCCNC(=O)/C=C/c1ccc(O[C@H]2O[C@H](C)[C@@H](NC(=O)N[C@H]3OC[C@@H](O[C@H]4OC[C@H](O)[C@H]5NC(=O)N(C(N)=O)[C@H]45)[C@H](O)[C@H]3NC(N)=O)[C@H](O)[C@H]2N=C(N)N)cc1.Cl. The summed E-state index contributed by atoms with van der Waals surface area (Å²) < 4.78 is 64.1. The lowest BCUT2D eigenvalue weighted by molar-refractivity contribution is -0.268. The van der Waals surface area contributed by atoms with E-state index in [1.807, 2.05) is 0 Å². The molecule has 0 unspecified atom stereocenters. The number of imide groups is 1. The molecule has 0 radical (unpaired) electrons. The number of rotatable bonds is 41. The van der Waals surface area contributed by atoms with Crippen molar-refractivity contribution in [2.75, 3.05) is 78.8 Å². The van der Waals surface area contributed by atoms with Crippen molar-refractivity contribution in [3.63, 3.8) is 0 Å². The van der Waals surface area contributed by atoms with Crippen LogP contribution in [0.15, 0.2) is 70.7 Å². The number of nitrogens with two attached hydrogens (primary N) is 8. The molecule has 53 heteroatoms. The Morgan fingerprint density at radius 2 is 0.895 bits per heavy atom. The number of urea groups is 7. The molecule has 744 valence electrons. The standard InChI is InChI=1S/2C40H65N13O13.ClH/c1-19(2)46-15-5-4-13-45-14-6-16-47-25(55)12-9-21-7-10-22(11-8-21)65-34-29(48-36(41)42)32(57)26(20(3)64-34)50-39(60)52-33-28(49-37(43)58)31(56)24(18-62-33)66-35-30-27(23(54)17-63-35)51-40(61)53(30)38(44)59;1-19(2)46-15-5-4-13-45-14-6-16-47-25(54)12-9-21-7-10-22(11-8-21)64-35-30(48-36(41)42)32(56)26(20(3)63-35)51-39(59)53-33-29(50-38(44)58)31(55)24(18-61-33)65-34-28(49-37(43)57)27-23(17-62-34)66-40(60)52-27;/h7-12,19-20,23-24,26-35,45-46,54,56-57H,4-6,13-18H2,1-3H3,(H2,44,59)(H,47,55)(H,51,61)(H4,41,42,48)(H3,43,49,58)(H2,50,52,60);7-12,19-20,23-24,26-35,45-46,55-56H,4-6,13-18H2,1-3H3,(H,47,54)(H,52,60)(H4,41,42,48)(H3,43,49,57)(H3,44,50,58)(H2,51,53,59);1H/b2*12-9+;/t20-,23+,24-,26-,27-,28-,29-,30+,31+,32+,33+,34-,35-;20-,23-,24-,26-,27+,28-,29-,30-,31+,32+,33+,34+,35-;/m11./s1. The zero-order valence-electron chi connectivity index (χ0n) is 74.5. The Balaban J connectivity index is 0.000000325. The van der Waals surface area contributed by atoms with Crippen molar-refractivity contribution in [2.24, 2.45) is 55.9 Å². The summed E-state index contributed by atoms with van der Waals surface area (Å²) in [6, 6.07) is -4.46.